The number of rotatable bonds is 12. The first-order valence-corrected chi connectivity index (χ1v) is 8.52. The molecule has 0 aromatic rings. The molecule has 0 atom stereocenters. The van der Waals surface area contributed by atoms with Crippen LogP contribution in [0.1, 0.15) is 52.4 Å². The molecule has 0 aliphatic heterocycles. The van der Waals surface area contributed by atoms with Crippen LogP contribution in [-0.2, 0) is 4.79 Å². The zero-order valence-corrected chi connectivity index (χ0v) is 17.4. The molecule has 0 bridgehead atoms. The molecule has 0 radical (unpaired) electrons. The Kier molecular flexibility index (Phi) is 18.7. The maximum Gasteiger partial charge on any atom is 0.221 e. The average Bonchev–Trinajstić information content (AvgIpc) is 2.51. The molecule has 1 amide bonds. The van der Waals surface area contributed by atoms with Crippen LogP contribution in [-0.4, -0.2) is 50.0 Å². The van der Waals surface area contributed by atoms with E-state index in [9.17, 15) is 4.79 Å². The number of guanidine groups is 1. The lowest BCUT2D eigenvalue weighted by Crippen LogP contribution is -2.39. The minimum absolute atomic E-state index is 0. The van der Waals surface area contributed by atoms with Gasteiger partial charge in [-0.1, -0.05) is 19.4 Å². The Morgan fingerprint density at radius 1 is 1.22 bits per heavy atom. The van der Waals surface area contributed by atoms with Gasteiger partial charge < -0.3 is 15.5 Å². The molecule has 0 aromatic heterocycles. The van der Waals surface area contributed by atoms with E-state index in [0.29, 0.717) is 13.0 Å². The molecule has 136 valence electrons. The number of carbonyl (C=O) groups is 1. The summed E-state index contributed by atoms with van der Waals surface area (Å²) in [5.74, 6) is 0.961. The van der Waals surface area contributed by atoms with Crippen LogP contribution in [0.3, 0.4) is 0 Å². The number of hydrogen-bond donors (Lipinski definition) is 2. The minimum Gasteiger partial charge on any atom is -0.357 e. The Balaban J connectivity index is 0. The predicted octanol–water partition coefficient (Wildman–Crippen LogP) is 3.16. The Labute approximate surface area is 159 Å². The van der Waals surface area contributed by atoms with E-state index < -0.39 is 0 Å². The van der Waals surface area contributed by atoms with Gasteiger partial charge in [0.25, 0.3) is 0 Å². The lowest BCUT2D eigenvalue weighted by molar-refractivity contribution is -0.120. The van der Waals surface area contributed by atoms with Gasteiger partial charge in [-0.25, -0.2) is 0 Å². The minimum atomic E-state index is 0. The van der Waals surface area contributed by atoms with Gasteiger partial charge >= 0.3 is 0 Å². The maximum atomic E-state index is 11.6. The van der Waals surface area contributed by atoms with Crippen molar-refractivity contribution < 1.29 is 4.79 Å². The van der Waals surface area contributed by atoms with Gasteiger partial charge in [-0.2, -0.15) is 0 Å². The molecule has 0 fully saturated rings. The maximum absolute atomic E-state index is 11.6. The van der Waals surface area contributed by atoms with Crippen molar-refractivity contribution in [3.63, 3.8) is 0 Å². The summed E-state index contributed by atoms with van der Waals surface area (Å²) < 4.78 is 0. The van der Waals surface area contributed by atoms with Gasteiger partial charge in [0.15, 0.2) is 5.96 Å². The molecule has 23 heavy (non-hydrogen) atoms. The summed E-state index contributed by atoms with van der Waals surface area (Å²) in [5.41, 5.74) is 0. The molecule has 0 aliphatic carbocycles. The quantitative estimate of drug-likeness (QED) is 0.162. The second kappa shape index (κ2) is 17.6. The van der Waals surface area contributed by atoms with E-state index in [2.05, 4.69) is 34.0 Å². The fraction of sp³-hybridized carbons (Fsp3) is 0.765. The zero-order valence-electron chi connectivity index (χ0n) is 15.1. The van der Waals surface area contributed by atoms with Crippen molar-refractivity contribution in [1.82, 2.24) is 15.5 Å². The molecule has 0 spiro atoms. The third kappa shape index (κ3) is 14.5. The average molecular weight is 438 g/mol. The summed E-state index contributed by atoms with van der Waals surface area (Å²) in [6.07, 6.45) is 8.02. The number of carbonyl (C=O) groups excluding carboxylic acids is 1. The third-order valence-electron chi connectivity index (χ3n) is 3.27. The number of nitrogens with one attached hydrogen (secondary N) is 2. The van der Waals surface area contributed by atoms with Gasteiger partial charge in [0, 0.05) is 33.1 Å². The summed E-state index contributed by atoms with van der Waals surface area (Å²) in [5, 5.41) is 6.15. The molecule has 6 heteroatoms. The van der Waals surface area contributed by atoms with E-state index in [0.717, 1.165) is 44.9 Å². The second-order valence-electron chi connectivity index (χ2n) is 5.40. The molecule has 0 saturated heterocycles. The van der Waals surface area contributed by atoms with E-state index in [-0.39, 0.29) is 29.9 Å². The van der Waals surface area contributed by atoms with Crippen molar-refractivity contribution in [3.8, 4) is 0 Å². The van der Waals surface area contributed by atoms with Crippen LogP contribution in [0.15, 0.2) is 17.6 Å². The Hall–Kier alpha value is -0.790. The normalized spacial score (nSPS) is 10.7. The molecule has 0 saturated carbocycles. The van der Waals surface area contributed by atoms with Crippen LogP contribution in [0.5, 0.6) is 0 Å². The van der Waals surface area contributed by atoms with Crippen LogP contribution in [0, 0.1) is 0 Å². The fourth-order valence-electron chi connectivity index (χ4n) is 2.01. The SMILES string of the molecule is C=CCCCCCN(C)C(=NCCC(=O)NCCC)NCC.I. The van der Waals surface area contributed by atoms with E-state index in [1.165, 1.54) is 12.8 Å². The molecule has 5 nitrogen and oxygen atoms in total. The summed E-state index contributed by atoms with van der Waals surface area (Å²) in [6, 6.07) is 0. The monoisotopic (exact) mass is 438 g/mol. The number of amides is 1. The molecule has 0 unspecified atom stereocenters. The van der Waals surface area contributed by atoms with Crippen LogP contribution >= 0.6 is 24.0 Å². The summed E-state index contributed by atoms with van der Waals surface area (Å²) in [7, 11) is 2.05. The highest BCUT2D eigenvalue weighted by molar-refractivity contribution is 14.0. The van der Waals surface area contributed by atoms with Crippen LogP contribution in [0.25, 0.3) is 0 Å². The highest BCUT2D eigenvalue weighted by Gasteiger charge is 2.05. The molecule has 0 rings (SSSR count). The second-order valence-corrected chi connectivity index (χ2v) is 5.40. The lowest BCUT2D eigenvalue weighted by atomic mass is 10.2. The van der Waals surface area contributed by atoms with E-state index >= 15 is 0 Å². The van der Waals surface area contributed by atoms with Gasteiger partial charge in [0.2, 0.25) is 5.91 Å². The highest BCUT2D eigenvalue weighted by Crippen LogP contribution is 2.01. The van der Waals surface area contributed by atoms with Gasteiger partial charge in [-0.15, -0.1) is 30.6 Å². The van der Waals surface area contributed by atoms with E-state index in [1.54, 1.807) is 0 Å². The summed E-state index contributed by atoms with van der Waals surface area (Å²) >= 11 is 0. The standard InChI is InChI=1S/C17H34N4O.HI/c1-5-8-9-10-11-15-21(4)17(18-7-3)20-14-12-16(22)19-13-6-2;/h5H,1,6-15H2,2-4H3,(H,18,20)(H,19,22);1H. The van der Waals surface area contributed by atoms with Crippen LogP contribution < -0.4 is 10.6 Å². The largest absolute Gasteiger partial charge is 0.357 e. The van der Waals surface area contributed by atoms with Gasteiger partial charge in [-0.3, -0.25) is 9.79 Å². The third-order valence-corrected chi connectivity index (χ3v) is 3.27. The number of unbranched alkanes of at least 4 members (excludes halogenated alkanes) is 3. The molecular weight excluding hydrogens is 403 g/mol. The number of aliphatic imine (C=N–C) groups is 1. The van der Waals surface area contributed by atoms with Crippen molar-refractivity contribution in [1.29, 1.82) is 0 Å². The Bertz CT molecular complexity index is 335. The smallest absolute Gasteiger partial charge is 0.221 e. The van der Waals surface area contributed by atoms with E-state index in [4.69, 9.17) is 0 Å². The van der Waals surface area contributed by atoms with Gasteiger partial charge in [0.1, 0.15) is 0 Å². The number of nitrogens with zero attached hydrogens (tertiary/aromatic N) is 2. The Morgan fingerprint density at radius 2 is 1.96 bits per heavy atom. The van der Waals surface area contributed by atoms with Crippen LogP contribution in [0.4, 0.5) is 0 Å². The highest BCUT2D eigenvalue weighted by atomic mass is 127. The number of halogens is 1. The van der Waals surface area contributed by atoms with Crippen molar-refractivity contribution >= 4 is 35.8 Å². The van der Waals surface area contributed by atoms with Crippen molar-refractivity contribution in [2.24, 2.45) is 4.99 Å². The van der Waals surface area contributed by atoms with E-state index in [1.807, 2.05) is 20.0 Å². The van der Waals surface area contributed by atoms with Crippen molar-refractivity contribution in [2.75, 3.05) is 33.2 Å². The van der Waals surface area contributed by atoms with Crippen molar-refractivity contribution in [2.45, 2.75) is 52.4 Å². The van der Waals surface area contributed by atoms with Crippen molar-refractivity contribution in [3.05, 3.63) is 12.7 Å². The summed E-state index contributed by atoms with van der Waals surface area (Å²) in [6.45, 7) is 10.9. The topological polar surface area (TPSA) is 56.7 Å². The first kappa shape index (κ1) is 24.5. The molecule has 0 aromatic carbocycles. The first-order valence-electron chi connectivity index (χ1n) is 8.52. The van der Waals surface area contributed by atoms with Gasteiger partial charge in [0.05, 0.1) is 6.54 Å². The molecule has 0 aliphatic rings. The summed E-state index contributed by atoms with van der Waals surface area (Å²) in [4.78, 5) is 18.2. The lowest BCUT2D eigenvalue weighted by Gasteiger charge is -2.22. The number of hydrogen-bond acceptors (Lipinski definition) is 2. The first-order chi connectivity index (χ1) is 10.7. The number of allylic oxidation sites excluding steroid dienone is 1. The predicted molar refractivity (Wildman–Crippen MR) is 111 cm³/mol. The Morgan fingerprint density at radius 3 is 2.57 bits per heavy atom. The molecule has 0 heterocycles. The zero-order chi connectivity index (χ0) is 16.6. The molecular formula is C17H35IN4O. The van der Waals surface area contributed by atoms with Gasteiger partial charge in [-0.05, 0) is 32.6 Å². The fourth-order valence-corrected chi connectivity index (χ4v) is 2.01. The van der Waals surface area contributed by atoms with Crippen LogP contribution in [0.2, 0.25) is 0 Å². The molecule has 2 N–H and O–H groups in total.